The molecule has 0 spiro atoms. The molecular weight excluding hydrogens is 432 g/mol. The fourth-order valence-electron chi connectivity index (χ4n) is 3.42. The van der Waals surface area contributed by atoms with Gasteiger partial charge in [0.15, 0.2) is 0 Å². The molecule has 9 nitrogen and oxygen atoms in total. The minimum absolute atomic E-state index is 0.137. The summed E-state index contributed by atoms with van der Waals surface area (Å²) < 4.78 is 25.1. The monoisotopic (exact) mass is 460 g/mol. The number of urea groups is 1. The van der Waals surface area contributed by atoms with E-state index in [1.807, 2.05) is 20.8 Å². The molecule has 172 valence electrons. The maximum absolute atomic E-state index is 12.3. The summed E-state index contributed by atoms with van der Waals surface area (Å²) in [7, 11) is -3.36. The van der Waals surface area contributed by atoms with E-state index < -0.39 is 16.1 Å². The van der Waals surface area contributed by atoms with Crippen molar-refractivity contribution in [1.29, 1.82) is 0 Å². The molecule has 2 aromatic carbocycles. The van der Waals surface area contributed by atoms with Crippen molar-refractivity contribution in [2.45, 2.75) is 39.2 Å². The highest BCUT2D eigenvalue weighted by Crippen LogP contribution is 2.37. The second-order valence-electron chi connectivity index (χ2n) is 8.81. The van der Waals surface area contributed by atoms with Crippen LogP contribution in [0.25, 0.3) is 0 Å². The second kappa shape index (κ2) is 8.70. The third-order valence-corrected chi connectivity index (χ3v) is 5.62. The van der Waals surface area contributed by atoms with E-state index >= 15 is 0 Å². The van der Waals surface area contributed by atoms with Crippen LogP contribution in [0.5, 0.6) is 5.75 Å². The van der Waals surface area contributed by atoms with Crippen LogP contribution in [0.15, 0.2) is 36.4 Å². The number of amides is 3. The molecule has 1 fully saturated rings. The van der Waals surface area contributed by atoms with Gasteiger partial charge in [-0.25, -0.2) is 13.2 Å². The van der Waals surface area contributed by atoms with E-state index in [1.54, 1.807) is 36.4 Å². The second-order valence-corrected chi connectivity index (χ2v) is 10.6. The lowest BCUT2D eigenvalue weighted by molar-refractivity contribution is -0.120. The number of aromatic hydroxyl groups is 1. The lowest BCUT2D eigenvalue weighted by Crippen LogP contribution is -2.49. The highest BCUT2D eigenvalue weighted by molar-refractivity contribution is 7.92. The topological polar surface area (TPSA) is 128 Å². The van der Waals surface area contributed by atoms with Crippen LogP contribution in [0.3, 0.4) is 0 Å². The van der Waals surface area contributed by atoms with Gasteiger partial charge >= 0.3 is 6.03 Å². The molecule has 2 aromatic rings. The molecule has 0 bridgehead atoms. The SMILES string of the molecule is CC(C)(C)c1cc(N2CCC(=O)NC2=O)cc(CNc2ccc(NS(C)(=O)=O)cc2)c1O. The van der Waals surface area contributed by atoms with E-state index in [0.717, 1.165) is 11.9 Å². The Morgan fingerprint density at radius 2 is 1.72 bits per heavy atom. The van der Waals surface area contributed by atoms with Crippen molar-refractivity contribution in [2.75, 3.05) is 27.7 Å². The third kappa shape index (κ3) is 5.70. The molecule has 0 aromatic heterocycles. The molecule has 1 aliphatic rings. The van der Waals surface area contributed by atoms with Crippen LogP contribution in [0, 0.1) is 0 Å². The fraction of sp³-hybridized carbons (Fsp3) is 0.364. The van der Waals surface area contributed by atoms with Gasteiger partial charge in [0.25, 0.3) is 0 Å². The molecule has 0 unspecified atom stereocenters. The van der Waals surface area contributed by atoms with Gasteiger partial charge in [0.05, 0.1) is 6.26 Å². The minimum Gasteiger partial charge on any atom is -0.507 e. The zero-order valence-corrected chi connectivity index (χ0v) is 19.3. The Morgan fingerprint density at radius 3 is 2.28 bits per heavy atom. The predicted molar refractivity (Wildman–Crippen MR) is 125 cm³/mol. The molecule has 4 N–H and O–H groups in total. The van der Waals surface area contributed by atoms with Crippen LogP contribution >= 0.6 is 0 Å². The largest absolute Gasteiger partial charge is 0.507 e. The number of hydrogen-bond acceptors (Lipinski definition) is 6. The maximum Gasteiger partial charge on any atom is 0.328 e. The van der Waals surface area contributed by atoms with Crippen molar-refractivity contribution < 1.29 is 23.1 Å². The molecule has 1 aliphatic heterocycles. The van der Waals surface area contributed by atoms with Gasteiger partial charge in [0.2, 0.25) is 15.9 Å². The van der Waals surface area contributed by atoms with Crippen molar-refractivity contribution in [3.8, 4) is 5.75 Å². The number of phenols is 1. The number of carbonyl (C=O) groups is 2. The fourth-order valence-corrected chi connectivity index (χ4v) is 3.98. The number of imide groups is 1. The predicted octanol–water partition coefficient (Wildman–Crippen LogP) is 3.12. The van der Waals surface area contributed by atoms with Crippen molar-refractivity contribution in [1.82, 2.24) is 5.32 Å². The van der Waals surface area contributed by atoms with Crippen LogP contribution in [0.1, 0.15) is 38.3 Å². The van der Waals surface area contributed by atoms with Gasteiger partial charge in [-0.05, 0) is 41.8 Å². The average molecular weight is 461 g/mol. The first kappa shape index (κ1) is 23.4. The molecule has 3 rings (SSSR count). The summed E-state index contributed by atoms with van der Waals surface area (Å²) >= 11 is 0. The summed E-state index contributed by atoms with van der Waals surface area (Å²) in [5, 5.41) is 16.4. The van der Waals surface area contributed by atoms with Crippen molar-refractivity contribution in [3.63, 3.8) is 0 Å². The molecule has 0 saturated carbocycles. The maximum atomic E-state index is 12.3. The lowest BCUT2D eigenvalue weighted by Gasteiger charge is -2.30. The molecule has 0 aliphatic carbocycles. The number of benzene rings is 2. The number of rotatable bonds is 6. The van der Waals surface area contributed by atoms with Gasteiger partial charge in [-0.3, -0.25) is 19.7 Å². The molecule has 0 atom stereocenters. The van der Waals surface area contributed by atoms with E-state index in [0.29, 0.717) is 22.5 Å². The number of sulfonamides is 1. The average Bonchev–Trinajstić information content (AvgIpc) is 2.66. The molecule has 10 heteroatoms. The Bertz CT molecular complexity index is 1140. The standard InChI is InChI=1S/C22H28N4O5S/c1-22(2,3)18-12-17(26-10-9-19(27)24-21(26)29)11-14(20(18)28)13-23-15-5-7-16(8-6-15)25-32(4,30)31/h5-8,11-12,23,25,28H,9-10,13H2,1-4H3,(H,24,27,29). The van der Waals surface area contributed by atoms with Crippen LogP contribution in [0.4, 0.5) is 21.9 Å². The van der Waals surface area contributed by atoms with E-state index in [4.69, 9.17) is 0 Å². The van der Waals surface area contributed by atoms with Gasteiger partial charge in [-0.2, -0.15) is 0 Å². The summed E-state index contributed by atoms with van der Waals surface area (Å²) in [5.74, 6) is -0.172. The number of phenolic OH excluding ortho intramolecular Hbond substituents is 1. The smallest absolute Gasteiger partial charge is 0.328 e. The molecule has 3 amide bonds. The van der Waals surface area contributed by atoms with Crippen molar-refractivity contribution in [2.24, 2.45) is 0 Å². The van der Waals surface area contributed by atoms with Crippen LogP contribution < -0.4 is 20.3 Å². The van der Waals surface area contributed by atoms with Gasteiger partial charge in [-0.15, -0.1) is 0 Å². The van der Waals surface area contributed by atoms with Gasteiger partial charge in [-0.1, -0.05) is 20.8 Å². The van der Waals surface area contributed by atoms with Crippen LogP contribution in [-0.2, 0) is 26.8 Å². The lowest BCUT2D eigenvalue weighted by atomic mass is 9.84. The van der Waals surface area contributed by atoms with Gasteiger partial charge < -0.3 is 10.4 Å². The van der Waals surface area contributed by atoms with E-state index in [2.05, 4.69) is 15.4 Å². The van der Waals surface area contributed by atoms with Crippen LogP contribution in [-0.4, -0.2) is 38.3 Å². The summed E-state index contributed by atoms with van der Waals surface area (Å²) in [6.45, 7) is 6.44. The number of nitrogens with zero attached hydrogens (tertiary/aromatic N) is 1. The molecule has 32 heavy (non-hydrogen) atoms. The summed E-state index contributed by atoms with van der Waals surface area (Å²) in [5.41, 5.74) is 2.67. The summed E-state index contributed by atoms with van der Waals surface area (Å²) in [4.78, 5) is 25.3. The molecule has 1 saturated heterocycles. The molecule has 1 heterocycles. The Labute approximate surface area is 187 Å². The minimum atomic E-state index is -3.36. The van der Waals surface area contributed by atoms with Crippen LogP contribution in [0.2, 0.25) is 0 Å². The zero-order valence-electron chi connectivity index (χ0n) is 18.5. The molecule has 0 radical (unpaired) electrons. The first-order chi connectivity index (χ1) is 14.8. The Kier molecular flexibility index (Phi) is 6.36. The number of nitrogens with one attached hydrogen (secondary N) is 3. The van der Waals surface area contributed by atoms with Crippen molar-refractivity contribution >= 4 is 39.0 Å². The summed E-state index contributed by atoms with van der Waals surface area (Å²) in [6, 6.07) is 9.74. The Morgan fingerprint density at radius 1 is 1.09 bits per heavy atom. The number of carbonyl (C=O) groups excluding carboxylic acids is 2. The first-order valence-electron chi connectivity index (χ1n) is 10.1. The first-order valence-corrected chi connectivity index (χ1v) is 12.0. The van der Waals surface area contributed by atoms with E-state index in [-0.39, 0.29) is 36.6 Å². The van der Waals surface area contributed by atoms with E-state index in [9.17, 15) is 23.1 Å². The zero-order chi connectivity index (χ0) is 23.7. The van der Waals surface area contributed by atoms with Crippen molar-refractivity contribution in [3.05, 3.63) is 47.5 Å². The quantitative estimate of drug-likeness (QED) is 0.524. The Balaban J connectivity index is 1.87. The Hall–Kier alpha value is -3.27. The normalized spacial score (nSPS) is 14.8. The summed E-state index contributed by atoms with van der Waals surface area (Å²) in [6.07, 6.45) is 1.29. The van der Waals surface area contributed by atoms with Gasteiger partial charge in [0.1, 0.15) is 5.75 Å². The van der Waals surface area contributed by atoms with Gasteiger partial charge in [0, 0.05) is 47.7 Å². The number of hydrogen-bond donors (Lipinski definition) is 4. The highest BCUT2D eigenvalue weighted by atomic mass is 32.2. The van der Waals surface area contributed by atoms with E-state index in [1.165, 1.54) is 4.90 Å². The highest BCUT2D eigenvalue weighted by Gasteiger charge is 2.28. The third-order valence-electron chi connectivity index (χ3n) is 5.02. The molecular formula is C22H28N4O5S. The number of anilines is 3.